The Kier molecular flexibility index (Phi) is 8.38. The van der Waals surface area contributed by atoms with Gasteiger partial charge in [0, 0.05) is 32.1 Å². The number of benzene rings is 4. The number of carbonyl (C=O) groups excluding carboxylic acids is 2. The van der Waals surface area contributed by atoms with Crippen molar-refractivity contribution in [2.75, 3.05) is 6.61 Å². The first-order valence-corrected chi connectivity index (χ1v) is 13.5. The zero-order valence-electron chi connectivity index (χ0n) is 22.2. The highest BCUT2D eigenvalue weighted by Crippen LogP contribution is 2.37. The summed E-state index contributed by atoms with van der Waals surface area (Å²) in [7, 11) is 0. The van der Waals surface area contributed by atoms with Crippen molar-refractivity contribution in [3.05, 3.63) is 117 Å². The summed E-state index contributed by atoms with van der Waals surface area (Å²) >= 11 is 12.8. The Morgan fingerprint density at radius 3 is 2.56 bits per heavy atom. The maximum Gasteiger partial charge on any atom is 0.343 e. The molecule has 5 rings (SSSR count). The number of fused-ring (bicyclic) bond motifs is 1. The van der Waals surface area contributed by atoms with E-state index in [0.717, 1.165) is 16.5 Å². The van der Waals surface area contributed by atoms with Crippen molar-refractivity contribution in [2.45, 2.75) is 13.8 Å². The zero-order valence-corrected chi connectivity index (χ0v) is 23.7. The molecule has 2 N–H and O–H groups in total. The third kappa shape index (κ3) is 6.27. The first kappa shape index (κ1) is 28.0. The molecule has 9 heteroatoms. The second-order valence-corrected chi connectivity index (χ2v) is 9.99. The molecule has 0 spiro atoms. The van der Waals surface area contributed by atoms with Gasteiger partial charge in [-0.25, -0.2) is 10.2 Å². The fraction of sp³-hybridized carbons (Fsp3) is 0.0938. The predicted octanol–water partition coefficient (Wildman–Crippen LogP) is 7.83. The molecule has 0 aliphatic carbocycles. The summed E-state index contributed by atoms with van der Waals surface area (Å²) in [6.45, 7) is 4.10. The summed E-state index contributed by atoms with van der Waals surface area (Å²) in [5, 5.41) is 5.94. The summed E-state index contributed by atoms with van der Waals surface area (Å²) in [6, 6.07) is 24.8. The van der Waals surface area contributed by atoms with Crippen molar-refractivity contribution in [3.63, 3.8) is 0 Å². The number of amides is 1. The van der Waals surface area contributed by atoms with E-state index in [1.165, 1.54) is 6.21 Å². The molecule has 0 aliphatic heterocycles. The second kappa shape index (κ2) is 12.3. The molecule has 1 heterocycles. The molecule has 206 valence electrons. The van der Waals surface area contributed by atoms with Crippen molar-refractivity contribution < 1.29 is 19.1 Å². The summed E-state index contributed by atoms with van der Waals surface area (Å²) in [5.41, 5.74) is 6.93. The number of aromatic nitrogens is 1. The minimum Gasteiger partial charge on any atom is -0.490 e. The van der Waals surface area contributed by atoms with E-state index in [9.17, 15) is 9.59 Å². The molecule has 0 unspecified atom stereocenters. The van der Waals surface area contributed by atoms with E-state index in [1.807, 2.05) is 38.1 Å². The molecular formula is C32H25Cl2N3O4. The SMILES string of the molecule is CCOc1cc(C=NNC(=O)c2[nH]c3ccc(Cl)cc3c2-c2ccccc2Cl)ccc1OC(=O)c1cccc(C)c1. The highest BCUT2D eigenvalue weighted by molar-refractivity contribution is 6.34. The molecule has 4 aromatic carbocycles. The highest BCUT2D eigenvalue weighted by atomic mass is 35.5. The lowest BCUT2D eigenvalue weighted by molar-refractivity contribution is 0.0728. The van der Waals surface area contributed by atoms with Crippen molar-refractivity contribution in [3.8, 4) is 22.6 Å². The minimum absolute atomic E-state index is 0.278. The topological polar surface area (TPSA) is 92.8 Å². The molecule has 0 saturated heterocycles. The van der Waals surface area contributed by atoms with Gasteiger partial charge in [0.25, 0.3) is 5.91 Å². The van der Waals surface area contributed by atoms with E-state index in [2.05, 4.69) is 15.5 Å². The third-order valence-electron chi connectivity index (χ3n) is 6.23. The number of hydrogen-bond acceptors (Lipinski definition) is 5. The van der Waals surface area contributed by atoms with Crippen LogP contribution in [0.25, 0.3) is 22.0 Å². The van der Waals surface area contributed by atoms with E-state index >= 15 is 0 Å². The van der Waals surface area contributed by atoms with Crippen LogP contribution in [0.2, 0.25) is 10.0 Å². The van der Waals surface area contributed by atoms with Gasteiger partial charge in [-0.1, -0.05) is 59.1 Å². The third-order valence-corrected chi connectivity index (χ3v) is 6.80. The van der Waals surface area contributed by atoms with Gasteiger partial charge in [-0.3, -0.25) is 4.79 Å². The molecule has 5 aromatic rings. The first-order chi connectivity index (χ1) is 19.8. The molecule has 0 atom stereocenters. The summed E-state index contributed by atoms with van der Waals surface area (Å²) in [5.74, 6) is -0.299. The average Bonchev–Trinajstić information content (AvgIpc) is 3.33. The minimum atomic E-state index is -0.489. The standard InChI is InChI=1S/C32H25Cl2N3O4/c1-3-40-28-16-20(11-14-27(28)41-32(39)21-8-6-7-19(2)15-21)18-35-37-31(38)30-29(23-9-4-5-10-25(23)34)24-17-22(33)12-13-26(24)36-30/h4-18,36H,3H2,1-2H3,(H,37,38). The zero-order chi connectivity index (χ0) is 28.9. The van der Waals surface area contributed by atoms with E-state index in [4.69, 9.17) is 32.7 Å². The lowest BCUT2D eigenvalue weighted by Crippen LogP contribution is -2.19. The molecule has 7 nitrogen and oxygen atoms in total. The number of aromatic amines is 1. The number of H-pyrrole nitrogens is 1. The van der Waals surface area contributed by atoms with Crippen LogP contribution in [0, 0.1) is 6.92 Å². The summed E-state index contributed by atoms with van der Waals surface area (Å²) < 4.78 is 11.3. The fourth-order valence-corrected chi connectivity index (χ4v) is 4.79. The number of hydrazone groups is 1. The van der Waals surface area contributed by atoms with Gasteiger partial charge in [0.05, 0.1) is 18.4 Å². The van der Waals surface area contributed by atoms with Crippen LogP contribution >= 0.6 is 23.2 Å². The van der Waals surface area contributed by atoms with Crippen molar-refractivity contribution in [1.82, 2.24) is 10.4 Å². The van der Waals surface area contributed by atoms with Gasteiger partial charge < -0.3 is 14.5 Å². The summed E-state index contributed by atoms with van der Waals surface area (Å²) in [6.07, 6.45) is 1.47. The lowest BCUT2D eigenvalue weighted by Gasteiger charge is -2.11. The summed E-state index contributed by atoms with van der Waals surface area (Å²) in [4.78, 5) is 29.1. The number of ether oxygens (including phenoxy) is 2. The van der Waals surface area contributed by atoms with Crippen LogP contribution < -0.4 is 14.9 Å². The Morgan fingerprint density at radius 2 is 1.78 bits per heavy atom. The van der Waals surface area contributed by atoms with Crippen LogP contribution in [0.4, 0.5) is 0 Å². The van der Waals surface area contributed by atoms with Crippen molar-refractivity contribution >= 4 is 52.2 Å². The van der Waals surface area contributed by atoms with Gasteiger partial charge in [-0.2, -0.15) is 5.10 Å². The number of esters is 1. The van der Waals surface area contributed by atoms with Gasteiger partial charge in [0.1, 0.15) is 5.69 Å². The maximum atomic E-state index is 13.3. The lowest BCUT2D eigenvalue weighted by atomic mass is 10.0. The molecule has 0 radical (unpaired) electrons. The number of carbonyl (C=O) groups is 2. The second-order valence-electron chi connectivity index (χ2n) is 9.14. The van der Waals surface area contributed by atoms with Crippen LogP contribution in [0.3, 0.4) is 0 Å². The Bertz CT molecular complexity index is 1800. The highest BCUT2D eigenvalue weighted by Gasteiger charge is 2.21. The fourth-order valence-electron chi connectivity index (χ4n) is 4.39. The molecule has 0 saturated carbocycles. The Hall–Kier alpha value is -4.59. The van der Waals surface area contributed by atoms with Crippen LogP contribution in [0.5, 0.6) is 11.5 Å². The normalized spacial score (nSPS) is 11.1. The molecule has 0 aliphatic rings. The predicted molar refractivity (Wildman–Crippen MR) is 163 cm³/mol. The van der Waals surface area contributed by atoms with Crippen molar-refractivity contribution in [1.29, 1.82) is 0 Å². The maximum absolute atomic E-state index is 13.3. The smallest absolute Gasteiger partial charge is 0.343 e. The van der Waals surface area contributed by atoms with E-state index in [-0.39, 0.29) is 5.75 Å². The van der Waals surface area contributed by atoms with Gasteiger partial charge in [0.15, 0.2) is 11.5 Å². The Morgan fingerprint density at radius 1 is 0.951 bits per heavy atom. The van der Waals surface area contributed by atoms with E-state index < -0.39 is 11.9 Å². The number of nitrogens with one attached hydrogen (secondary N) is 2. The number of aryl methyl sites for hydroxylation is 1. The molecule has 41 heavy (non-hydrogen) atoms. The van der Waals surface area contributed by atoms with Crippen molar-refractivity contribution in [2.24, 2.45) is 5.10 Å². The van der Waals surface area contributed by atoms with Crippen LogP contribution in [0.15, 0.2) is 90.0 Å². The van der Waals surface area contributed by atoms with Crippen LogP contribution in [0.1, 0.15) is 38.9 Å². The van der Waals surface area contributed by atoms with Gasteiger partial charge in [-0.05, 0) is 74.0 Å². The van der Waals surface area contributed by atoms with Crippen LogP contribution in [-0.2, 0) is 0 Å². The van der Waals surface area contributed by atoms with E-state index in [0.29, 0.717) is 50.3 Å². The van der Waals surface area contributed by atoms with E-state index in [1.54, 1.807) is 60.7 Å². The van der Waals surface area contributed by atoms with Gasteiger partial charge in [-0.15, -0.1) is 0 Å². The molecular weight excluding hydrogens is 561 g/mol. The Balaban J connectivity index is 1.38. The van der Waals surface area contributed by atoms with Gasteiger partial charge in [0.2, 0.25) is 0 Å². The number of rotatable bonds is 8. The molecule has 0 fully saturated rings. The average molecular weight is 586 g/mol. The monoisotopic (exact) mass is 585 g/mol. The quantitative estimate of drug-likeness (QED) is 0.0839. The largest absolute Gasteiger partial charge is 0.490 e. The Labute approximate surface area is 246 Å². The molecule has 0 bridgehead atoms. The number of nitrogens with zero attached hydrogens (tertiary/aromatic N) is 1. The first-order valence-electron chi connectivity index (χ1n) is 12.8. The number of hydrogen-bond donors (Lipinski definition) is 2. The van der Waals surface area contributed by atoms with Gasteiger partial charge >= 0.3 is 5.97 Å². The number of halogens is 2. The van der Waals surface area contributed by atoms with Crippen LogP contribution in [-0.4, -0.2) is 29.7 Å². The molecule has 1 aromatic heterocycles. The molecule has 1 amide bonds.